The summed E-state index contributed by atoms with van der Waals surface area (Å²) in [5.74, 6) is 0. The van der Waals surface area contributed by atoms with Crippen LogP contribution in [0, 0.1) is 0 Å². The second-order valence-corrected chi connectivity index (χ2v) is 6.44. The minimum atomic E-state index is -0.0917. The molecule has 2 aromatic heterocycles. The molecule has 0 spiro atoms. The molecule has 5 heteroatoms. The SMILES string of the molecule is Cn1c(=O)[nH]c2cc(Cc3cncc(NCc4ccccc4)c3)ccc21. The van der Waals surface area contributed by atoms with Crippen molar-refractivity contribution in [3.05, 3.63) is 94.2 Å². The number of hydrogen-bond acceptors (Lipinski definition) is 3. The van der Waals surface area contributed by atoms with Gasteiger partial charge in [-0.05, 0) is 41.3 Å². The number of aryl methyl sites for hydroxylation is 1. The molecule has 2 aromatic carbocycles. The van der Waals surface area contributed by atoms with Gasteiger partial charge in [0.1, 0.15) is 0 Å². The van der Waals surface area contributed by atoms with Crippen molar-refractivity contribution in [2.24, 2.45) is 7.05 Å². The molecule has 130 valence electrons. The van der Waals surface area contributed by atoms with Crippen molar-refractivity contribution in [3.8, 4) is 0 Å². The number of rotatable bonds is 5. The van der Waals surface area contributed by atoms with E-state index < -0.39 is 0 Å². The topological polar surface area (TPSA) is 62.7 Å². The quantitative estimate of drug-likeness (QED) is 0.583. The summed E-state index contributed by atoms with van der Waals surface area (Å²) in [5, 5.41) is 3.41. The number of fused-ring (bicyclic) bond motifs is 1. The number of pyridine rings is 1. The van der Waals surface area contributed by atoms with Gasteiger partial charge in [0, 0.05) is 26.0 Å². The monoisotopic (exact) mass is 344 g/mol. The lowest BCUT2D eigenvalue weighted by Crippen LogP contribution is -2.11. The number of H-pyrrole nitrogens is 1. The summed E-state index contributed by atoms with van der Waals surface area (Å²) in [4.78, 5) is 19.0. The number of nitrogens with one attached hydrogen (secondary N) is 2. The second-order valence-electron chi connectivity index (χ2n) is 6.44. The highest BCUT2D eigenvalue weighted by Crippen LogP contribution is 2.17. The van der Waals surface area contributed by atoms with Gasteiger partial charge in [0.2, 0.25) is 0 Å². The fourth-order valence-electron chi connectivity index (χ4n) is 3.11. The lowest BCUT2D eigenvalue weighted by Gasteiger charge is -2.08. The van der Waals surface area contributed by atoms with Gasteiger partial charge in [-0.3, -0.25) is 9.55 Å². The molecule has 0 fully saturated rings. The molecular weight excluding hydrogens is 324 g/mol. The molecule has 0 atom stereocenters. The Kier molecular flexibility index (Phi) is 4.27. The van der Waals surface area contributed by atoms with E-state index >= 15 is 0 Å². The Morgan fingerprint density at radius 3 is 2.69 bits per heavy atom. The fraction of sp³-hybridized carbons (Fsp3) is 0.143. The molecule has 0 saturated carbocycles. The summed E-state index contributed by atoms with van der Waals surface area (Å²) < 4.78 is 1.62. The van der Waals surface area contributed by atoms with Crippen LogP contribution in [0.4, 0.5) is 5.69 Å². The van der Waals surface area contributed by atoms with Gasteiger partial charge in [-0.2, -0.15) is 0 Å². The van der Waals surface area contributed by atoms with Gasteiger partial charge in [-0.1, -0.05) is 36.4 Å². The molecule has 0 bridgehead atoms. The molecule has 0 amide bonds. The first-order valence-corrected chi connectivity index (χ1v) is 8.58. The van der Waals surface area contributed by atoms with Crippen LogP contribution in [-0.2, 0) is 20.0 Å². The predicted octanol–water partition coefficient (Wildman–Crippen LogP) is 3.46. The summed E-state index contributed by atoms with van der Waals surface area (Å²) in [5.41, 5.74) is 6.18. The number of hydrogen-bond donors (Lipinski definition) is 2. The number of anilines is 1. The molecule has 26 heavy (non-hydrogen) atoms. The Bertz CT molecular complexity index is 1100. The smallest absolute Gasteiger partial charge is 0.326 e. The van der Waals surface area contributed by atoms with Gasteiger partial charge >= 0.3 is 5.69 Å². The molecule has 0 aliphatic heterocycles. The van der Waals surface area contributed by atoms with Crippen LogP contribution < -0.4 is 11.0 Å². The summed E-state index contributed by atoms with van der Waals surface area (Å²) in [6.45, 7) is 0.767. The van der Waals surface area contributed by atoms with E-state index in [0.717, 1.165) is 40.8 Å². The predicted molar refractivity (Wildman–Crippen MR) is 104 cm³/mol. The summed E-state index contributed by atoms with van der Waals surface area (Å²) >= 11 is 0. The molecule has 4 aromatic rings. The number of benzene rings is 2. The normalized spacial score (nSPS) is 11.0. The first-order chi connectivity index (χ1) is 12.7. The van der Waals surface area contributed by atoms with Crippen LogP contribution in [0.2, 0.25) is 0 Å². The van der Waals surface area contributed by atoms with Crippen molar-refractivity contribution in [2.75, 3.05) is 5.32 Å². The van der Waals surface area contributed by atoms with Crippen molar-refractivity contribution in [2.45, 2.75) is 13.0 Å². The van der Waals surface area contributed by atoms with Crippen LogP contribution in [0.25, 0.3) is 11.0 Å². The molecule has 0 aliphatic carbocycles. The average Bonchev–Trinajstić information content (AvgIpc) is 2.95. The van der Waals surface area contributed by atoms with Crippen LogP contribution in [0.5, 0.6) is 0 Å². The maximum absolute atomic E-state index is 11.7. The fourth-order valence-corrected chi connectivity index (χ4v) is 3.11. The summed E-state index contributed by atoms with van der Waals surface area (Å²) in [6, 6.07) is 18.5. The van der Waals surface area contributed by atoms with Crippen molar-refractivity contribution < 1.29 is 0 Å². The Balaban J connectivity index is 1.50. The largest absolute Gasteiger partial charge is 0.380 e. The Morgan fingerprint density at radius 2 is 1.85 bits per heavy atom. The van der Waals surface area contributed by atoms with E-state index in [4.69, 9.17) is 0 Å². The van der Waals surface area contributed by atoms with Crippen molar-refractivity contribution in [3.63, 3.8) is 0 Å². The van der Waals surface area contributed by atoms with Crippen LogP contribution in [0.15, 0.2) is 71.8 Å². The molecule has 0 unspecified atom stereocenters. The zero-order valence-electron chi connectivity index (χ0n) is 14.6. The van der Waals surface area contributed by atoms with E-state index in [0.29, 0.717) is 0 Å². The van der Waals surface area contributed by atoms with E-state index in [1.807, 2.05) is 42.7 Å². The van der Waals surface area contributed by atoms with Crippen LogP contribution in [0.1, 0.15) is 16.7 Å². The molecule has 0 aliphatic rings. The number of nitrogens with zero attached hydrogens (tertiary/aromatic N) is 2. The number of aromatic amines is 1. The summed E-state index contributed by atoms with van der Waals surface area (Å²) in [6.07, 6.45) is 4.48. The van der Waals surface area contributed by atoms with Crippen molar-refractivity contribution >= 4 is 16.7 Å². The Hall–Kier alpha value is -3.34. The third kappa shape index (κ3) is 3.37. The average molecular weight is 344 g/mol. The first-order valence-electron chi connectivity index (χ1n) is 8.58. The highest BCUT2D eigenvalue weighted by molar-refractivity contribution is 5.76. The van der Waals surface area contributed by atoms with E-state index in [-0.39, 0.29) is 5.69 Å². The van der Waals surface area contributed by atoms with Crippen LogP contribution in [-0.4, -0.2) is 14.5 Å². The molecular formula is C21H20N4O. The van der Waals surface area contributed by atoms with E-state index in [1.165, 1.54) is 5.56 Å². The lowest BCUT2D eigenvalue weighted by atomic mass is 10.1. The van der Waals surface area contributed by atoms with Crippen molar-refractivity contribution in [1.82, 2.24) is 14.5 Å². The van der Waals surface area contributed by atoms with Gasteiger partial charge in [-0.15, -0.1) is 0 Å². The minimum Gasteiger partial charge on any atom is -0.380 e. The maximum Gasteiger partial charge on any atom is 0.326 e. The number of aromatic nitrogens is 3. The molecule has 5 nitrogen and oxygen atoms in total. The molecule has 2 heterocycles. The van der Waals surface area contributed by atoms with E-state index in [1.54, 1.807) is 11.6 Å². The third-order valence-electron chi connectivity index (χ3n) is 4.51. The molecule has 0 saturated heterocycles. The molecule has 0 radical (unpaired) electrons. The van der Waals surface area contributed by atoms with Crippen molar-refractivity contribution in [1.29, 1.82) is 0 Å². The maximum atomic E-state index is 11.7. The highest BCUT2D eigenvalue weighted by atomic mass is 16.1. The lowest BCUT2D eigenvalue weighted by molar-refractivity contribution is 0.891. The zero-order chi connectivity index (χ0) is 17.9. The van der Waals surface area contributed by atoms with Crippen LogP contribution in [0.3, 0.4) is 0 Å². The first kappa shape index (κ1) is 16.1. The molecule has 4 rings (SSSR count). The molecule has 2 N–H and O–H groups in total. The second kappa shape index (κ2) is 6.88. The zero-order valence-corrected chi connectivity index (χ0v) is 14.6. The van der Waals surface area contributed by atoms with Crippen LogP contribution >= 0.6 is 0 Å². The summed E-state index contributed by atoms with van der Waals surface area (Å²) in [7, 11) is 1.77. The van der Waals surface area contributed by atoms with Gasteiger partial charge in [-0.25, -0.2) is 4.79 Å². The highest BCUT2D eigenvalue weighted by Gasteiger charge is 2.05. The van der Waals surface area contributed by atoms with Gasteiger partial charge in [0.15, 0.2) is 0 Å². The van der Waals surface area contributed by atoms with E-state index in [9.17, 15) is 4.79 Å². The van der Waals surface area contributed by atoms with Gasteiger partial charge in [0.05, 0.1) is 16.7 Å². The Morgan fingerprint density at radius 1 is 1.00 bits per heavy atom. The minimum absolute atomic E-state index is 0.0917. The van der Waals surface area contributed by atoms with Gasteiger partial charge in [0.25, 0.3) is 0 Å². The number of imidazole rings is 1. The third-order valence-corrected chi connectivity index (χ3v) is 4.51. The standard InChI is InChI=1S/C21H20N4O/c1-25-20-8-7-16(11-19(20)24-21(25)26)9-17-10-18(14-22-12-17)23-13-15-5-3-2-4-6-15/h2-8,10-12,14,23H,9,13H2,1H3,(H,24,26). The Labute approximate surface area is 151 Å². The van der Waals surface area contributed by atoms with E-state index in [2.05, 4.69) is 39.6 Å². The van der Waals surface area contributed by atoms with Gasteiger partial charge < -0.3 is 10.3 Å².